The van der Waals surface area contributed by atoms with Gasteiger partial charge in [-0.15, -0.1) is 0 Å². The normalized spacial score (nSPS) is 12.1. The SMILES string of the molecule is CC(C)(C)c1cc(-c2cc(C(=O)Oc3ccccc3Br)no2)cc(C(C)(C)C)c1. The van der Waals surface area contributed by atoms with Crippen molar-refractivity contribution in [2.75, 3.05) is 0 Å². The standard InChI is InChI=1S/C24H26BrNO3/c1-23(2,3)16-11-15(12-17(13-16)24(4,5)6)21-14-19(26-29-21)22(27)28-20-10-8-7-9-18(20)25/h7-14H,1-6H3. The van der Waals surface area contributed by atoms with E-state index in [9.17, 15) is 4.79 Å². The maximum atomic E-state index is 12.5. The van der Waals surface area contributed by atoms with E-state index in [2.05, 4.69) is 80.8 Å². The van der Waals surface area contributed by atoms with Gasteiger partial charge in [-0.05, 0) is 62.2 Å². The summed E-state index contributed by atoms with van der Waals surface area (Å²) in [5, 5.41) is 3.94. The lowest BCUT2D eigenvalue weighted by Gasteiger charge is -2.25. The number of esters is 1. The van der Waals surface area contributed by atoms with Crippen molar-refractivity contribution in [3.63, 3.8) is 0 Å². The molecule has 152 valence electrons. The minimum absolute atomic E-state index is 0.0165. The molecule has 0 spiro atoms. The number of para-hydroxylation sites is 1. The van der Waals surface area contributed by atoms with Crippen LogP contribution in [0.25, 0.3) is 11.3 Å². The molecule has 0 aliphatic rings. The van der Waals surface area contributed by atoms with Gasteiger partial charge < -0.3 is 9.26 Å². The van der Waals surface area contributed by atoms with Crippen LogP contribution in [-0.2, 0) is 10.8 Å². The van der Waals surface area contributed by atoms with Gasteiger partial charge >= 0.3 is 5.97 Å². The first-order chi connectivity index (χ1) is 13.4. The second kappa shape index (κ2) is 7.79. The van der Waals surface area contributed by atoms with E-state index >= 15 is 0 Å². The van der Waals surface area contributed by atoms with Crippen LogP contribution in [0.2, 0.25) is 0 Å². The van der Waals surface area contributed by atoms with Gasteiger partial charge in [0, 0.05) is 11.6 Å². The van der Waals surface area contributed by atoms with Crippen LogP contribution >= 0.6 is 15.9 Å². The van der Waals surface area contributed by atoms with Crippen molar-refractivity contribution in [2.24, 2.45) is 0 Å². The number of hydrogen-bond donors (Lipinski definition) is 0. The molecule has 1 aromatic heterocycles. The smallest absolute Gasteiger partial charge is 0.365 e. The second-order valence-corrected chi connectivity index (χ2v) is 10.0. The fourth-order valence-corrected chi connectivity index (χ4v) is 3.19. The molecule has 0 radical (unpaired) electrons. The number of hydrogen-bond acceptors (Lipinski definition) is 4. The average Bonchev–Trinajstić information content (AvgIpc) is 3.12. The summed E-state index contributed by atoms with van der Waals surface area (Å²) >= 11 is 3.37. The summed E-state index contributed by atoms with van der Waals surface area (Å²) in [7, 11) is 0. The van der Waals surface area contributed by atoms with E-state index < -0.39 is 5.97 Å². The zero-order valence-electron chi connectivity index (χ0n) is 17.7. The van der Waals surface area contributed by atoms with E-state index in [0.717, 1.165) is 5.56 Å². The Morgan fingerprint density at radius 2 is 1.52 bits per heavy atom. The quantitative estimate of drug-likeness (QED) is 0.317. The molecule has 0 atom stereocenters. The first-order valence-electron chi connectivity index (χ1n) is 9.55. The summed E-state index contributed by atoms with van der Waals surface area (Å²) in [4.78, 5) is 12.5. The Kier molecular flexibility index (Phi) is 5.72. The summed E-state index contributed by atoms with van der Waals surface area (Å²) in [6.45, 7) is 13.1. The number of nitrogens with zero attached hydrogens (tertiary/aromatic N) is 1. The Morgan fingerprint density at radius 3 is 2.07 bits per heavy atom. The molecule has 0 saturated carbocycles. The number of halogens is 1. The molecule has 29 heavy (non-hydrogen) atoms. The highest BCUT2D eigenvalue weighted by Crippen LogP contribution is 2.34. The Balaban J connectivity index is 1.95. The third-order valence-electron chi connectivity index (χ3n) is 4.71. The molecule has 0 aliphatic heterocycles. The topological polar surface area (TPSA) is 52.3 Å². The molecule has 2 aromatic carbocycles. The van der Waals surface area contributed by atoms with Gasteiger partial charge in [-0.1, -0.05) is 64.9 Å². The van der Waals surface area contributed by atoms with Crippen molar-refractivity contribution in [3.05, 3.63) is 69.8 Å². The molecular formula is C24H26BrNO3. The highest BCUT2D eigenvalue weighted by molar-refractivity contribution is 9.10. The van der Waals surface area contributed by atoms with Crippen LogP contribution in [0.5, 0.6) is 5.75 Å². The van der Waals surface area contributed by atoms with Gasteiger partial charge in [-0.3, -0.25) is 0 Å². The minimum atomic E-state index is -0.560. The van der Waals surface area contributed by atoms with Crippen LogP contribution in [-0.4, -0.2) is 11.1 Å². The summed E-state index contributed by atoms with van der Waals surface area (Å²) in [6, 6.07) is 15.2. The third kappa shape index (κ3) is 4.96. The van der Waals surface area contributed by atoms with Gasteiger partial charge in [0.25, 0.3) is 0 Å². The van der Waals surface area contributed by atoms with E-state index in [4.69, 9.17) is 9.26 Å². The largest absolute Gasteiger partial charge is 0.421 e. The Morgan fingerprint density at radius 1 is 0.931 bits per heavy atom. The minimum Gasteiger partial charge on any atom is -0.421 e. The second-order valence-electron chi connectivity index (χ2n) is 9.20. The average molecular weight is 456 g/mol. The molecule has 0 aliphatic carbocycles. The molecule has 0 N–H and O–H groups in total. The maximum absolute atomic E-state index is 12.5. The van der Waals surface area contributed by atoms with Crippen molar-refractivity contribution in [2.45, 2.75) is 52.4 Å². The van der Waals surface area contributed by atoms with Gasteiger partial charge in [0.15, 0.2) is 11.5 Å². The predicted molar refractivity (Wildman–Crippen MR) is 118 cm³/mol. The van der Waals surface area contributed by atoms with Crippen LogP contribution in [0.3, 0.4) is 0 Å². The van der Waals surface area contributed by atoms with Gasteiger partial charge in [0.2, 0.25) is 0 Å². The van der Waals surface area contributed by atoms with Gasteiger partial charge in [-0.25, -0.2) is 4.79 Å². The fraction of sp³-hybridized carbons (Fsp3) is 0.333. The number of carbonyl (C=O) groups is 1. The summed E-state index contributed by atoms with van der Waals surface area (Å²) in [5.41, 5.74) is 3.40. The Labute approximate surface area is 180 Å². The van der Waals surface area contributed by atoms with Crippen LogP contribution in [0.4, 0.5) is 0 Å². The lowest BCUT2D eigenvalue weighted by Crippen LogP contribution is -2.16. The highest BCUT2D eigenvalue weighted by atomic mass is 79.9. The highest BCUT2D eigenvalue weighted by Gasteiger charge is 2.23. The molecule has 0 bridgehead atoms. The van der Waals surface area contributed by atoms with Crippen molar-refractivity contribution < 1.29 is 14.1 Å². The summed E-state index contributed by atoms with van der Waals surface area (Å²) in [5.74, 6) is 0.419. The van der Waals surface area contributed by atoms with Gasteiger partial charge in [0.05, 0.1) is 4.47 Å². The van der Waals surface area contributed by atoms with E-state index in [0.29, 0.717) is 16.0 Å². The Bertz CT molecular complexity index is 1010. The van der Waals surface area contributed by atoms with Crippen molar-refractivity contribution in [1.29, 1.82) is 0 Å². The third-order valence-corrected chi connectivity index (χ3v) is 5.36. The van der Waals surface area contributed by atoms with Crippen LogP contribution in [0.15, 0.2) is 57.5 Å². The summed E-state index contributed by atoms with van der Waals surface area (Å²) < 4.78 is 11.6. The number of rotatable bonds is 3. The number of carbonyl (C=O) groups excluding carboxylic acids is 1. The molecular weight excluding hydrogens is 430 g/mol. The zero-order chi connectivity index (χ0) is 21.4. The molecule has 4 nitrogen and oxygen atoms in total. The zero-order valence-corrected chi connectivity index (χ0v) is 19.3. The van der Waals surface area contributed by atoms with E-state index in [1.807, 2.05) is 12.1 Å². The lowest BCUT2D eigenvalue weighted by atomic mass is 9.79. The molecule has 3 rings (SSSR count). The Hall–Kier alpha value is -2.40. The molecule has 3 aromatic rings. The number of ether oxygens (including phenoxy) is 1. The van der Waals surface area contributed by atoms with E-state index in [-0.39, 0.29) is 16.5 Å². The monoisotopic (exact) mass is 455 g/mol. The lowest BCUT2D eigenvalue weighted by molar-refractivity contribution is 0.0723. The molecule has 0 fully saturated rings. The molecule has 0 amide bonds. The molecule has 1 heterocycles. The van der Waals surface area contributed by atoms with Crippen LogP contribution in [0, 0.1) is 0 Å². The van der Waals surface area contributed by atoms with Crippen molar-refractivity contribution in [3.8, 4) is 17.1 Å². The summed E-state index contributed by atoms with van der Waals surface area (Å²) in [6.07, 6.45) is 0. The van der Waals surface area contributed by atoms with Crippen LogP contribution in [0.1, 0.15) is 63.2 Å². The van der Waals surface area contributed by atoms with Crippen molar-refractivity contribution in [1.82, 2.24) is 5.16 Å². The fourth-order valence-electron chi connectivity index (χ4n) is 2.82. The molecule has 5 heteroatoms. The predicted octanol–water partition coefficient (Wildman–Crippen LogP) is 6.92. The number of benzene rings is 2. The first kappa shape index (κ1) is 21.3. The molecule has 0 unspecified atom stereocenters. The number of aromatic nitrogens is 1. The maximum Gasteiger partial charge on any atom is 0.365 e. The van der Waals surface area contributed by atoms with E-state index in [1.165, 1.54) is 11.1 Å². The van der Waals surface area contributed by atoms with Crippen molar-refractivity contribution >= 4 is 21.9 Å². The van der Waals surface area contributed by atoms with Gasteiger partial charge in [-0.2, -0.15) is 0 Å². The van der Waals surface area contributed by atoms with Gasteiger partial charge in [0.1, 0.15) is 5.75 Å². The molecule has 0 saturated heterocycles. The first-order valence-corrected chi connectivity index (χ1v) is 10.3. The van der Waals surface area contributed by atoms with E-state index in [1.54, 1.807) is 18.2 Å². The van der Waals surface area contributed by atoms with Crippen LogP contribution < -0.4 is 4.74 Å².